The molecule has 0 unspecified atom stereocenters. The molecule has 0 aliphatic heterocycles. The van der Waals surface area contributed by atoms with Crippen molar-refractivity contribution in [2.75, 3.05) is 31.7 Å². The molecule has 0 atom stereocenters. The molecule has 0 fully saturated rings. The van der Waals surface area contributed by atoms with E-state index >= 15 is 0 Å². The summed E-state index contributed by atoms with van der Waals surface area (Å²) >= 11 is 0. The lowest BCUT2D eigenvalue weighted by molar-refractivity contribution is -0.119. The zero-order valence-electron chi connectivity index (χ0n) is 11.2. The minimum absolute atomic E-state index is 0.0766. The van der Waals surface area contributed by atoms with Gasteiger partial charge in [0.25, 0.3) is 0 Å². The molecule has 1 aromatic carbocycles. The van der Waals surface area contributed by atoms with E-state index in [0.717, 1.165) is 4.90 Å². The monoisotopic (exact) mass is 291 g/mol. The fraction of sp³-hybridized carbons (Fsp3) is 0.462. The minimum Gasteiger partial charge on any atom is -0.496 e. The van der Waals surface area contributed by atoms with Crippen LogP contribution in [-0.4, -0.2) is 43.9 Å². The summed E-state index contributed by atoms with van der Waals surface area (Å²) in [6.45, 7) is -0.676. The Kier molecular flexibility index (Phi) is 5.38. The van der Waals surface area contributed by atoms with Gasteiger partial charge in [-0.05, 0) is 19.1 Å². The molecular formula is C13H16F3NO3. The molecule has 20 heavy (non-hydrogen) atoms. The number of halogens is 3. The highest BCUT2D eigenvalue weighted by Crippen LogP contribution is 2.31. The summed E-state index contributed by atoms with van der Waals surface area (Å²) < 4.78 is 42.8. The Bertz CT molecular complexity index is 474. The van der Waals surface area contributed by atoms with Gasteiger partial charge in [0.05, 0.1) is 25.0 Å². The predicted molar refractivity (Wildman–Crippen MR) is 68.4 cm³/mol. The van der Waals surface area contributed by atoms with Gasteiger partial charge in [-0.25, -0.2) is 0 Å². The van der Waals surface area contributed by atoms with Crippen LogP contribution in [0.2, 0.25) is 0 Å². The summed E-state index contributed by atoms with van der Waals surface area (Å²) in [7, 11) is 1.34. The Morgan fingerprint density at radius 2 is 2.05 bits per heavy atom. The first-order valence-corrected chi connectivity index (χ1v) is 5.90. The first kappa shape index (κ1) is 16.3. The van der Waals surface area contributed by atoms with Crippen LogP contribution in [0.5, 0.6) is 5.75 Å². The van der Waals surface area contributed by atoms with Crippen LogP contribution in [0.1, 0.15) is 17.3 Å². The molecule has 0 radical (unpaired) electrons. The number of anilines is 1. The third-order valence-corrected chi connectivity index (χ3v) is 2.66. The highest BCUT2D eigenvalue weighted by Gasteiger charge is 2.32. The minimum atomic E-state index is -4.44. The number of hydrogen-bond acceptors (Lipinski definition) is 4. The number of rotatable bonds is 6. The maximum absolute atomic E-state index is 12.6. The lowest BCUT2D eigenvalue weighted by Crippen LogP contribution is -2.37. The highest BCUT2D eigenvalue weighted by molar-refractivity contribution is 6.02. The Morgan fingerprint density at radius 3 is 2.50 bits per heavy atom. The number of aliphatic hydroxyl groups excluding tert-OH is 1. The first-order valence-electron chi connectivity index (χ1n) is 5.90. The molecule has 0 spiro atoms. The topological polar surface area (TPSA) is 49.8 Å². The summed E-state index contributed by atoms with van der Waals surface area (Å²) in [5.74, 6) is -0.192. The van der Waals surface area contributed by atoms with Crippen molar-refractivity contribution in [3.05, 3.63) is 23.8 Å². The predicted octanol–water partition coefficient (Wildman–Crippen LogP) is 2.26. The van der Waals surface area contributed by atoms with Crippen LogP contribution in [0.15, 0.2) is 18.2 Å². The third kappa shape index (κ3) is 4.12. The SMILES string of the molecule is COc1cccc(N(CCO)CC(F)(F)F)c1C(C)=O. The standard InChI is InChI=1S/C13H16F3NO3/c1-9(19)12-10(4-3-5-11(12)20-2)17(6-7-18)8-13(14,15)16/h3-5,18H,6-8H2,1-2H3. The van der Waals surface area contributed by atoms with Crippen molar-refractivity contribution in [2.24, 2.45) is 0 Å². The van der Waals surface area contributed by atoms with Crippen molar-refractivity contribution >= 4 is 11.5 Å². The number of carbonyl (C=O) groups excluding carboxylic acids is 1. The van der Waals surface area contributed by atoms with Gasteiger partial charge in [-0.3, -0.25) is 4.79 Å². The van der Waals surface area contributed by atoms with Crippen molar-refractivity contribution in [3.8, 4) is 5.75 Å². The second-order valence-electron chi connectivity index (χ2n) is 4.17. The van der Waals surface area contributed by atoms with Gasteiger partial charge in [0.15, 0.2) is 5.78 Å². The van der Waals surface area contributed by atoms with Crippen LogP contribution in [0, 0.1) is 0 Å². The number of Topliss-reactive ketones (excluding diaryl/α,β-unsaturated/α-hetero) is 1. The number of benzene rings is 1. The molecule has 0 saturated heterocycles. The van der Waals surface area contributed by atoms with Crippen LogP contribution in [-0.2, 0) is 0 Å². The quantitative estimate of drug-likeness (QED) is 0.817. The number of alkyl halides is 3. The van der Waals surface area contributed by atoms with Gasteiger partial charge >= 0.3 is 6.18 Å². The van der Waals surface area contributed by atoms with Crippen molar-refractivity contribution in [1.82, 2.24) is 0 Å². The van der Waals surface area contributed by atoms with E-state index in [-0.39, 0.29) is 23.5 Å². The molecule has 7 heteroatoms. The van der Waals surface area contributed by atoms with Gasteiger partial charge in [0, 0.05) is 6.54 Å². The molecule has 1 aromatic rings. The van der Waals surface area contributed by atoms with E-state index in [1.54, 1.807) is 0 Å². The normalized spacial score (nSPS) is 11.3. The van der Waals surface area contributed by atoms with Gasteiger partial charge in [0.1, 0.15) is 12.3 Å². The molecule has 112 valence electrons. The van der Waals surface area contributed by atoms with Crippen molar-refractivity contribution < 1.29 is 27.8 Å². The average Bonchev–Trinajstić information content (AvgIpc) is 2.35. The number of methoxy groups -OCH3 is 1. The van der Waals surface area contributed by atoms with Gasteiger partial charge in [-0.2, -0.15) is 13.2 Å². The number of nitrogens with zero attached hydrogens (tertiary/aromatic N) is 1. The number of carbonyl (C=O) groups is 1. The van der Waals surface area contributed by atoms with E-state index in [1.807, 2.05) is 0 Å². The molecule has 0 aliphatic carbocycles. The van der Waals surface area contributed by atoms with Crippen LogP contribution < -0.4 is 9.64 Å². The van der Waals surface area contributed by atoms with E-state index in [0.29, 0.717) is 0 Å². The van der Waals surface area contributed by atoms with E-state index in [4.69, 9.17) is 9.84 Å². The van der Waals surface area contributed by atoms with E-state index in [1.165, 1.54) is 32.2 Å². The summed E-state index contributed by atoms with van der Waals surface area (Å²) in [4.78, 5) is 12.6. The molecule has 0 aliphatic rings. The lowest BCUT2D eigenvalue weighted by Gasteiger charge is -2.27. The lowest BCUT2D eigenvalue weighted by atomic mass is 10.1. The second-order valence-corrected chi connectivity index (χ2v) is 4.17. The van der Waals surface area contributed by atoms with Gasteiger partial charge < -0.3 is 14.7 Å². The molecule has 1 rings (SSSR count). The molecule has 0 bridgehead atoms. The number of ketones is 1. The van der Waals surface area contributed by atoms with E-state index < -0.39 is 25.1 Å². The second kappa shape index (κ2) is 6.60. The van der Waals surface area contributed by atoms with Crippen LogP contribution in [0.3, 0.4) is 0 Å². The first-order chi connectivity index (χ1) is 9.30. The molecule has 0 heterocycles. The Hall–Kier alpha value is -1.76. The van der Waals surface area contributed by atoms with Gasteiger partial charge in [0.2, 0.25) is 0 Å². The summed E-state index contributed by atoms with van der Waals surface area (Å²) in [5, 5.41) is 8.93. The van der Waals surface area contributed by atoms with Gasteiger partial charge in [-0.15, -0.1) is 0 Å². The zero-order chi connectivity index (χ0) is 15.3. The summed E-state index contributed by atoms with van der Waals surface area (Å²) in [5.41, 5.74) is 0.177. The molecule has 0 aromatic heterocycles. The molecule has 1 N–H and O–H groups in total. The maximum Gasteiger partial charge on any atom is 0.405 e. The zero-order valence-corrected chi connectivity index (χ0v) is 11.2. The van der Waals surface area contributed by atoms with Crippen LogP contribution >= 0.6 is 0 Å². The molecule has 0 saturated carbocycles. The van der Waals surface area contributed by atoms with E-state index in [9.17, 15) is 18.0 Å². The maximum atomic E-state index is 12.6. The van der Waals surface area contributed by atoms with Crippen LogP contribution in [0.4, 0.5) is 18.9 Å². The average molecular weight is 291 g/mol. The highest BCUT2D eigenvalue weighted by atomic mass is 19.4. The van der Waals surface area contributed by atoms with Crippen LogP contribution in [0.25, 0.3) is 0 Å². The Morgan fingerprint density at radius 1 is 1.40 bits per heavy atom. The summed E-state index contributed by atoms with van der Waals surface area (Å²) in [6.07, 6.45) is -4.44. The Labute approximate surface area is 114 Å². The molecule has 4 nitrogen and oxygen atoms in total. The number of ether oxygens (including phenoxy) is 1. The van der Waals surface area contributed by atoms with Crippen molar-refractivity contribution in [1.29, 1.82) is 0 Å². The summed E-state index contributed by atoms with van der Waals surface area (Å²) in [6, 6.07) is 4.41. The van der Waals surface area contributed by atoms with Crippen molar-refractivity contribution in [2.45, 2.75) is 13.1 Å². The fourth-order valence-corrected chi connectivity index (χ4v) is 1.93. The Balaban J connectivity index is 3.28. The smallest absolute Gasteiger partial charge is 0.405 e. The van der Waals surface area contributed by atoms with Crippen molar-refractivity contribution in [3.63, 3.8) is 0 Å². The molecular weight excluding hydrogens is 275 g/mol. The fourth-order valence-electron chi connectivity index (χ4n) is 1.93. The largest absolute Gasteiger partial charge is 0.496 e. The third-order valence-electron chi connectivity index (χ3n) is 2.66. The number of aliphatic hydroxyl groups is 1. The number of hydrogen-bond donors (Lipinski definition) is 1. The van der Waals surface area contributed by atoms with E-state index in [2.05, 4.69) is 0 Å². The molecule has 0 amide bonds. The van der Waals surface area contributed by atoms with Gasteiger partial charge in [-0.1, -0.05) is 6.07 Å².